The third kappa shape index (κ3) is 4.69. The van der Waals surface area contributed by atoms with Crippen molar-refractivity contribution in [1.82, 2.24) is 13.9 Å². The van der Waals surface area contributed by atoms with Crippen molar-refractivity contribution in [2.45, 2.75) is 55.0 Å². The molecule has 2 heterocycles. The van der Waals surface area contributed by atoms with Crippen LogP contribution in [0.2, 0.25) is 0 Å². The van der Waals surface area contributed by atoms with E-state index in [1.165, 1.54) is 16.1 Å². The van der Waals surface area contributed by atoms with Gasteiger partial charge in [0.1, 0.15) is 0 Å². The summed E-state index contributed by atoms with van der Waals surface area (Å²) in [5, 5.41) is 3.26. The first-order valence-corrected chi connectivity index (χ1v) is 13.2. The van der Waals surface area contributed by atoms with E-state index in [2.05, 4.69) is 21.8 Å². The van der Waals surface area contributed by atoms with E-state index in [1.54, 1.807) is 24.3 Å². The van der Waals surface area contributed by atoms with Crippen LogP contribution >= 0.6 is 11.8 Å². The normalized spacial score (nSPS) is 16.2. The minimum Gasteiger partial charge on any atom is -0.325 e. The fourth-order valence-electron chi connectivity index (χ4n) is 3.89. The number of hydrogen-bond donors (Lipinski definition) is 1. The molecule has 1 fully saturated rings. The number of para-hydroxylation sites is 2. The summed E-state index contributed by atoms with van der Waals surface area (Å²) >= 11 is 1.39. The number of piperidine rings is 1. The number of carbonyl (C=O) groups excluding carboxylic acids is 1. The van der Waals surface area contributed by atoms with Crippen molar-refractivity contribution in [2.75, 3.05) is 18.4 Å². The van der Waals surface area contributed by atoms with Crippen LogP contribution in [0.4, 0.5) is 5.69 Å². The highest BCUT2D eigenvalue weighted by atomic mass is 32.2. The first-order valence-electron chi connectivity index (χ1n) is 10.9. The highest BCUT2D eigenvalue weighted by Crippen LogP contribution is 2.28. The van der Waals surface area contributed by atoms with E-state index in [0.29, 0.717) is 18.8 Å². The lowest BCUT2D eigenvalue weighted by Crippen LogP contribution is -2.35. The maximum Gasteiger partial charge on any atom is 0.243 e. The number of aryl methyl sites for hydroxylation is 1. The van der Waals surface area contributed by atoms with Crippen molar-refractivity contribution in [3.8, 4) is 0 Å². The molecule has 170 valence electrons. The molecule has 0 spiro atoms. The van der Waals surface area contributed by atoms with Gasteiger partial charge < -0.3 is 9.88 Å². The minimum atomic E-state index is -3.55. The third-order valence-corrected chi connectivity index (χ3v) is 8.63. The zero-order valence-electron chi connectivity index (χ0n) is 18.3. The van der Waals surface area contributed by atoms with E-state index in [9.17, 15) is 13.2 Å². The predicted octanol–water partition coefficient (Wildman–Crippen LogP) is 4.35. The van der Waals surface area contributed by atoms with Gasteiger partial charge in [-0.1, -0.05) is 36.4 Å². The van der Waals surface area contributed by atoms with Crippen molar-refractivity contribution >= 4 is 44.4 Å². The standard InChI is InChI=1S/C23H28N4O3S2/c1-3-27-21-13-6-5-12-20(21)25-23(27)31-17(2)22(28)24-18-10-9-11-19(16-18)32(29,30)26-14-7-4-8-15-26/h5-6,9-13,16-17H,3-4,7-8,14-15H2,1-2H3,(H,24,28). The Morgan fingerprint density at radius 3 is 2.62 bits per heavy atom. The SMILES string of the molecule is CCn1c(SC(C)C(=O)Nc2cccc(S(=O)(=O)N3CCCCC3)c2)nc2ccccc21. The van der Waals surface area contributed by atoms with Gasteiger partial charge in [-0.2, -0.15) is 4.31 Å². The topological polar surface area (TPSA) is 84.3 Å². The lowest BCUT2D eigenvalue weighted by molar-refractivity contribution is -0.115. The van der Waals surface area contributed by atoms with Gasteiger partial charge in [-0.15, -0.1) is 0 Å². The number of nitrogens with one attached hydrogen (secondary N) is 1. The van der Waals surface area contributed by atoms with Gasteiger partial charge in [0.15, 0.2) is 5.16 Å². The number of hydrogen-bond acceptors (Lipinski definition) is 5. The van der Waals surface area contributed by atoms with Gasteiger partial charge in [-0.3, -0.25) is 4.79 Å². The number of anilines is 1. The lowest BCUT2D eigenvalue weighted by atomic mass is 10.2. The number of nitrogens with zero attached hydrogens (tertiary/aromatic N) is 3. The second kappa shape index (κ2) is 9.64. The molecule has 0 bridgehead atoms. The molecular weight excluding hydrogens is 444 g/mol. The Hall–Kier alpha value is -2.36. The number of sulfonamides is 1. The summed E-state index contributed by atoms with van der Waals surface area (Å²) in [6.45, 7) is 5.73. The molecule has 1 unspecified atom stereocenters. The average molecular weight is 473 g/mol. The molecule has 7 nitrogen and oxygen atoms in total. The molecule has 0 radical (unpaired) electrons. The maximum atomic E-state index is 13.0. The highest BCUT2D eigenvalue weighted by Gasteiger charge is 2.26. The fourth-order valence-corrected chi connectivity index (χ4v) is 6.44. The molecule has 1 aliphatic heterocycles. The van der Waals surface area contributed by atoms with Crippen LogP contribution in [0.1, 0.15) is 33.1 Å². The molecule has 1 saturated heterocycles. The number of rotatable bonds is 7. The molecule has 32 heavy (non-hydrogen) atoms. The van der Waals surface area contributed by atoms with Crippen LogP contribution in [-0.2, 0) is 21.4 Å². The zero-order chi connectivity index (χ0) is 22.7. The Balaban J connectivity index is 1.48. The average Bonchev–Trinajstić information content (AvgIpc) is 3.16. The van der Waals surface area contributed by atoms with E-state index in [4.69, 9.17) is 0 Å². The Morgan fingerprint density at radius 2 is 1.88 bits per heavy atom. The third-order valence-electron chi connectivity index (χ3n) is 5.64. The number of imidazole rings is 1. The monoisotopic (exact) mass is 472 g/mol. The molecular formula is C23H28N4O3S2. The van der Waals surface area contributed by atoms with E-state index in [1.807, 2.05) is 31.2 Å². The summed E-state index contributed by atoms with van der Waals surface area (Å²) < 4.78 is 29.5. The van der Waals surface area contributed by atoms with Gasteiger partial charge in [0.05, 0.1) is 21.2 Å². The van der Waals surface area contributed by atoms with Gasteiger partial charge in [-0.25, -0.2) is 13.4 Å². The van der Waals surface area contributed by atoms with Crippen molar-refractivity contribution in [3.63, 3.8) is 0 Å². The van der Waals surface area contributed by atoms with Crippen LogP contribution in [-0.4, -0.2) is 46.5 Å². The molecule has 3 aromatic rings. The molecule has 1 N–H and O–H groups in total. The molecule has 1 amide bonds. The lowest BCUT2D eigenvalue weighted by Gasteiger charge is -2.26. The smallest absolute Gasteiger partial charge is 0.243 e. The Kier molecular flexibility index (Phi) is 6.88. The Labute approximate surface area is 193 Å². The van der Waals surface area contributed by atoms with Crippen molar-refractivity contribution < 1.29 is 13.2 Å². The summed E-state index contributed by atoms with van der Waals surface area (Å²) in [7, 11) is -3.55. The highest BCUT2D eigenvalue weighted by molar-refractivity contribution is 8.00. The van der Waals surface area contributed by atoms with Crippen LogP contribution in [0.5, 0.6) is 0 Å². The minimum absolute atomic E-state index is 0.197. The molecule has 1 aliphatic rings. The molecule has 0 aliphatic carbocycles. The Bertz CT molecular complexity index is 1220. The number of aromatic nitrogens is 2. The van der Waals surface area contributed by atoms with Crippen LogP contribution < -0.4 is 5.32 Å². The van der Waals surface area contributed by atoms with Gasteiger partial charge in [0, 0.05) is 25.3 Å². The number of amides is 1. The Morgan fingerprint density at radius 1 is 1.12 bits per heavy atom. The molecule has 9 heteroatoms. The first kappa shape index (κ1) is 22.8. The fraction of sp³-hybridized carbons (Fsp3) is 0.391. The van der Waals surface area contributed by atoms with E-state index >= 15 is 0 Å². The van der Waals surface area contributed by atoms with Crippen LogP contribution in [0.25, 0.3) is 11.0 Å². The van der Waals surface area contributed by atoms with Crippen LogP contribution in [0.3, 0.4) is 0 Å². The summed E-state index contributed by atoms with van der Waals surface area (Å²) in [4.78, 5) is 17.8. The quantitative estimate of drug-likeness (QED) is 0.517. The van der Waals surface area contributed by atoms with Gasteiger partial charge in [-0.05, 0) is 57.0 Å². The summed E-state index contributed by atoms with van der Waals surface area (Å²) in [6, 6.07) is 14.4. The summed E-state index contributed by atoms with van der Waals surface area (Å²) in [6.07, 6.45) is 2.82. The number of fused-ring (bicyclic) bond motifs is 1. The molecule has 2 aromatic carbocycles. The molecule has 0 saturated carbocycles. The number of carbonyl (C=O) groups is 1. The predicted molar refractivity (Wildman–Crippen MR) is 128 cm³/mol. The van der Waals surface area contributed by atoms with Gasteiger partial charge in [0.25, 0.3) is 0 Å². The van der Waals surface area contributed by atoms with Crippen LogP contribution in [0, 0.1) is 0 Å². The first-order chi connectivity index (χ1) is 15.4. The van der Waals surface area contributed by atoms with E-state index in [-0.39, 0.29) is 10.8 Å². The van der Waals surface area contributed by atoms with Crippen molar-refractivity contribution in [3.05, 3.63) is 48.5 Å². The molecule has 1 aromatic heterocycles. The summed E-state index contributed by atoms with van der Waals surface area (Å²) in [5.41, 5.74) is 2.42. The maximum absolute atomic E-state index is 13.0. The van der Waals surface area contributed by atoms with Gasteiger partial charge in [0.2, 0.25) is 15.9 Å². The largest absolute Gasteiger partial charge is 0.325 e. The van der Waals surface area contributed by atoms with Crippen molar-refractivity contribution in [1.29, 1.82) is 0 Å². The number of thioether (sulfide) groups is 1. The number of benzene rings is 2. The summed E-state index contributed by atoms with van der Waals surface area (Å²) in [5.74, 6) is -0.197. The second-order valence-corrected chi connectivity index (χ2v) is 11.1. The molecule has 4 rings (SSSR count). The van der Waals surface area contributed by atoms with Gasteiger partial charge >= 0.3 is 0 Å². The van der Waals surface area contributed by atoms with Crippen LogP contribution in [0.15, 0.2) is 58.6 Å². The van der Waals surface area contributed by atoms with E-state index < -0.39 is 15.3 Å². The van der Waals surface area contributed by atoms with E-state index in [0.717, 1.165) is 42.0 Å². The van der Waals surface area contributed by atoms with Crippen molar-refractivity contribution in [2.24, 2.45) is 0 Å². The zero-order valence-corrected chi connectivity index (χ0v) is 20.0. The molecule has 1 atom stereocenters. The second-order valence-electron chi connectivity index (χ2n) is 7.87.